The number of hydrogen-bond donors (Lipinski definition) is 1. The summed E-state index contributed by atoms with van der Waals surface area (Å²) in [5.41, 5.74) is 1.67. The van der Waals surface area contributed by atoms with E-state index in [1.165, 1.54) is 0 Å². The number of likely N-dealkylation sites (tertiary alicyclic amines) is 1. The molecule has 0 unspecified atom stereocenters. The molecular formula is C16H19ClN4O. The highest BCUT2D eigenvalue weighted by atomic mass is 35.5. The lowest BCUT2D eigenvalue weighted by molar-refractivity contribution is 0.183. The Bertz CT molecular complexity index is 628. The molecule has 116 valence electrons. The van der Waals surface area contributed by atoms with Crippen molar-refractivity contribution in [3.05, 3.63) is 47.5 Å². The molecule has 0 aliphatic carbocycles. The molecular weight excluding hydrogens is 300 g/mol. The number of amides is 2. The molecule has 0 saturated carbocycles. The quantitative estimate of drug-likeness (QED) is 0.917. The van der Waals surface area contributed by atoms with Gasteiger partial charge in [0.05, 0.1) is 17.0 Å². The third-order valence-electron chi connectivity index (χ3n) is 4.15. The average molecular weight is 319 g/mol. The van der Waals surface area contributed by atoms with E-state index in [9.17, 15) is 4.79 Å². The van der Waals surface area contributed by atoms with Crippen molar-refractivity contribution >= 4 is 23.3 Å². The van der Waals surface area contributed by atoms with E-state index in [1.54, 1.807) is 12.3 Å². The first-order valence-electron chi connectivity index (χ1n) is 7.43. The standard InChI is InChI=1S/C16H19ClN4O/c1-12-3-2-4-14(17)15(12)19-16(22)20-8-5-13(6-9-20)21-10-7-18-11-21/h2-4,7,10-11,13H,5-6,8-9H2,1H3,(H,19,22). The molecule has 2 amide bonds. The molecule has 1 aliphatic rings. The smallest absolute Gasteiger partial charge is 0.321 e. The van der Waals surface area contributed by atoms with Crippen molar-refractivity contribution in [1.29, 1.82) is 0 Å². The van der Waals surface area contributed by atoms with Crippen LogP contribution >= 0.6 is 11.6 Å². The minimum Gasteiger partial charge on any atom is -0.334 e. The Hall–Kier alpha value is -2.01. The predicted molar refractivity (Wildman–Crippen MR) is 87.3 cm³/mol. The average Bonchev–Trinajstić information content (AvgIpc) is 3.05. The van der Waals surface area contributed by atoms with E-state index in [0.29, 0.717) is 16.8 Å². The Morgan fingerprint density at radius 3 is 2.77 bits per heavy atom. The summed E-state index contributed by atoms with van der Waals surface area (Å²) in [6, 6.07) is 5.94. The van der Waals surface area contributed by atoms with Crippen LogP contribution in [0.2, 0.25) is 5.02 Å². The maximum Gasteiger partial charge on any atom is 0.321 e. The van der Waals surface area contributed by atoms with Crippen LogP contribution in [0.15, 0.2) is 36.9 Å². The normalized spacial score (nSPS) is 15.8. The lowest BCUT2D eigenvalue weighted by Crippen LogP contribution is -2.41. The highest BCUT2D eigenvalue weighted by Gasteiger charge is 2.24. The summed E-state index contributed by atoms with van der Waals surface area (Å²) in [4.78, 5) is 18.3. The summed E-state index contributed by atoms with van der Waals surface area (Å²) in [6.45, 7) is 3.41. The van der Waals surface area contributed by atoms with E-state index < -0.39 is 0 Å². The van der Waals surface area contributed by atoms with Crippen molar-refractivity contribution in [3.63, 3.8) is 0 Å². The summed E-state index contributed by atoms with van der Waals surface area (Å²) in [5, 5.41) is 3.50. The van der Waals surface area contributed by atoms with E-state index in [-0.39, 0.29) is 6.03 Å². The zero-order valence-electron chi connectivity index (χ0n) is 12.5. The first-order chi connectivity index (χ1) is 10.6. The van der Waals surface area contributed by atoms with Crippen LogP contribution < -0.4 is 5.32 Å². The molecule has 1 N–H and O–H groups in total. The zero-order chi connectivity index (χ0) is 15.5. The summed E-state index contributed by atoms with van der Waals surface area (Å²) in [5.74, 6) is 0. The Balaban J connectivity index is 1.60. The van der Waals surface area contributed by atoms with Crippen molar-refractivity contribution in [2.45, 2.75) is 25.8 Å². The molecule has 1 fully saturated rings. The summed E-state index contributed by atoms with van der Waals surface area (Å²) in [7, 11) is 0. The second-order valence-electron chi connectivity index (χ2n) is 5.59. The number of hydrogen-bond acceptors (Lipinski definition) is 2. The molecule has 1 aliphatic heterocycles. The first-order valence-corrected chi connectivity index (χ1v) is 7.81. The number of carbonyl (C=O) groups is 1. The molecule has 1 aromatic heterocycles. The first kappa shape index (κ1) is 14.9. The van der Waals surface area contributed by atoms with Gasteiger partial charge >= 0.3 is 6.03 Å². The van der Waals surface area contributed by atoms with Crippen LogP contribution in [0.4, 0.5) is 10.5 Å². The van der Waals surface area contributed by atoms with Crippen molar-refractivity contribution in [1.82, 2.24) is 14.5 Å². The number of anilines is 1. The zero-order valence-corrected chi connectivity index (χ0v) is 13.3. The van der Waals surface area contributed by atoms with E-state index in [1.807, 2.05) is 36.5 Å². The molecule has 6 heteroatoms. The van der Waals surface area contributed by atoms with Gasteiger partial charge in [0.15, 0.2) is 0 Å². The molecule has 0 atom stereocenters. The summed E-state index contributed by atoms with van der Waals surface area (Å²) >= 11 is 6.16. The van der Waals surface area contributed by atoms with Crippen molar-refractivity contribution in [2.24, 2.45) is 0 Å². The molecule has 3 rings (SSSR count). The Labute approximate surface area is 134 Å². The number of aromatic nitrogens is 2. The van der Waals surface area contributed by atoms with Gasteiger partial charge in [-0.25, -0.2) is 9.78 Å². The lowest BCUT2D eigenvalue weighted by atomic mass is 10.1. The number of aryl methyl sites for hydroxylation is 1. The molecule has 0 bridgehead atoms. The largest absolute Gasteiger partial charge is 0.334 e. The predicted octanol–water partition coefficient (Wildman–Crippen LogP) is 3.71. The second kappa shape index (κ2) is 6.40. The second-order valence-corrected chi connectivity index (χ2v) is 6.00. The van der Waals surface area contributed by atoms with E-state index in [0.717, 1.165) is 31.5 Å². The molecule has 0 spiro atoms. The Morgan fingerprint density at radius 1 is 1.36 bits per heavy atom. The topological polar surface area (TPSA) is 50.2 Å². The van der Waals surface area contributed by atoms with Crippen LogP contribution in [-0.2, 0) is 0 Å². The number of piperidine rings is 1. The number of imidazole rings is 1. The van der Waals surface area contributed by atoms with Gasteiger partial charge in [-0.3, -0.25) is 0 Å². The summed E-state index contributed by atoms with van der Waals surface area (Å²) < 4.78 is 2.12. The van der Waals surface area contributed by atoms with E-state index in [4.69, 9.17) is 11.6 Å². The van der Waals surface area contributed by atoms with Gasteiger partial charge in [0.1, 0.15) is 0 Å². The molecule has 2 heterocycles. The van der Waals surface area contributed by atoms with Gasteiger partial charge in [-0.1, -0.05) is 23.7 Å². The number of urea groups is 1. The SMILES string of the molecule is Cc1cccc(Cl)c1NC(=O)N1CCC(n2ccnc2)CC1. The molecule has 2 aromatic rings. The number of nitrogens with zero attached hydrogens (tertiary/aromatic N) is 3. The van der Waals surface area contributed by atoms with Crippen molar-refractivity contribution in [2.75, 3.05) is 18.4 Å². The van der Waals surface area contributed by atoms with Gasteiger partial charge in [-0.05, 0) is 31.4 Å². The van der Waals surface area contributed by atoms with Crippen molar-refractivity contribution < 1.29 is 4.79 Å². The van der Waals surface area contributed by atoms with Crippen LogP contribution in [-0.4, -0.2) is 33.6 Å². The lowest BCUT2D eigenvalue weighted by Gasteiger charge is -2.32. The van der Waals surface area contributed by atoms with Gasteiger partial charge in [-0.15, -0.1) is 0 Å². The molecule has 1 aromatic carbocycles. The molecule has 5 nitrogen and oxygen atoms in total. The number of nitrogens with one attached hydrogen (secondary N) is 1. The highest BCUT2D eigenvalue weighted by molar-refractivity contribution is 6.33. The van der Waals surface area contributed by atoms with Crippen LogP contribution in [0.5, 0.6) is 0 Å². The fourth-order valence-corrected chi connectivity index (χ4v) is 3.10. The molecule has 1 saturated heterocycles. The maximum absolute atomic E-state index is 12.4. The van der Waals surface area contributed by atoms with Crippen LogP contribution in [0.1, 0.15) is 24.4 Å². The third kappa shape index (κ3) is 3.09. The number of benzene rings is 1. The van der Waals surface area contributed by atoms with Gasteiger partial charge in [0.2, 0.25) is 0 Å². The monoisotopic (exact) mass is 318 g/mol. The van der Waals surface area contributed by atoms with Crippen LogP contribution in [0.3, 0.4) is 0 Å². The third-order valence-corrected chi connectivity index (χ3v) is 4.47. The van der Waals surface area contributed by atoms with E-state index in [2.05, 4.69) is 14.9 Å². The number of para-hydroxylation sites is 1. The highest BCUT2D eigenvalue weighted by Crippen LogP contribution is 2.27. The van der Waals surface area contributed by atoms with Crippen LogP contribution in [0, 0.1) is 6.92 Å². The van der Waals surface area contributed by atoms with E-state index >= 15 is 0 Å². The minimum absolute atomic E-state index is 0.0831. The minimum atomic E-state index is -0.0831. The number of carbonyl (C=O) groups excluding carboxylic acids is 1. The van der Waals surface area contributed by atoms with Gasteiger partial charge in [0.25, 0.3) is 0 Å². The van der Waals surface area contributed by atoms with Crippen LogP contribution in [0.25, 0.3) is 0 Å². The van der Waals surface area contributed by atoms with Gasteiger partial charge < -0.3 is 14.8 Å². The molecule has 0 radical (unpaired) electrons. The Kier molecular flexibility index (Phi) is 4.34. The number of rotatable bonds is 2. The fourth-order valence-electron chi connectivity index (χ4n) is 2.83. The summed E-state index contributed by atoms with van der Waals surface area (Å²) in [6.07, 6.45) is 7.48. The van der Waals surface area contributed by atoms with Crippen molar-refractivity contribution in [3.8, 4) is 0 Å². The number of halogens is 1. The maximum atomic E-state index is 12.4. The van der Waals surface area contributed by atoms with Gasteiger partial charge in [0, 0.05) is 31.5 Å². The fraction of sp³-hybridized carbons (Fsp3) is 0.375. The van der Waals surface area contributed by atoms with Gasteiger partial charge in [-0.2, -0.15) is 0 Å². The Morgan fingerprint density at radius 2 is 2.14 bits per heavy atom. The molecule has 22 heavy (non-hydrogen) atoms.